The summed E-state index contributed by atoms with van der Waals surface area (Å²) in [5.41, 5.74) is 3.96. The summed E-state index contributed by atoms with van der Waals surface area (Å²) in [6, 6.07) is 3.88. The van der Waals surface area contributed by atoms with Gasteiger partial charge in [-0.15, -0.1) is 0 Å². The number of rotatable bonds is 1. The number of nitrogens with zero attached hydrogens (tertiary/aromatic N) is 1. The summed E-state index contributed by atoms with van der Waals surface area (Å²) in [6.45, 7) is 4.02. The first-order valence-electron chi connectivity index (χ1n) is 4.67. The van der Waals surface area contributed by atoms with E-state index in [0.717, 1.165) is 16.6 Å². The Bertz CT molecular complexity index is 529. The SMILES string of the molecule is COC(=O)c1nc2ccc(C)c(C)c2[nH]1. The summed E-state index contributed by atoms with van der Waals surface area (Å²) >= 11 is 0. The van der Waals surface area contributed by atoms with Gasteiger partial charge in [0.15, 0.2) is 0 Å². The molecule has 0 bridgehead atoms. The number of benzene rings is 1. The molecular weight excluding hydrogens is 192 g/mol. The molecule has 1 aromatic carbocycles. The summed E-state index contributed by atoms with van der Waals surface area (Å²) in [5.74, 6) is -0.190. The molecule has 2 aromatic rings. The third-order valence-corrected chi connectivity index (χ3v) is 2.57. The standard InChI is InChI=1S/C11H12N2O2/c1-6-4-5-8-9(7(6)2)13-10(12-8)11(14)15-3/h4-5H,1-3H3,(H,12,13). The molecular formula is C11H12N2O2. The summed E-state index contributed by atoms with van der Waals surface area (Å²) in [5, 5.41) is 0. The van der Waals surface area contributed by atoms with Gasteiger partial charge in [0.2, 0.25) is 5.82 Å². The number of aryl methyl sites for hydroxylation is 2. The molecule has 1 N–H and O–H groups in total. The van der Waals surface area contributed by atoms with E-state index in [1.165, 1.54) is 12.7 Å². The number of hydrogen-bond acceptors (Lipinski definition) is 3. The zero-order chi connectivity index (χ0) is 11.0. The van der Waals surface area contributed by atoms with Crippen LogP contribution in [0.3, 0.4) is 0 Å². The first-order valence-corrected chi connectivity index (χ1v) is 4.67. The van der Waals surface area contributed by atoms with Crippen molar-refractivity contribution in [3.8, 4) is 0 Å². The first kappa shape index (κ1) is 9.71. The number of imidazole rings is 1. The maximum absolute atomic E-state index is 11.3. The predicted octanol–water partition coefficient (Wildman–Crippen LogP) is 1.97. The van der Waals surface area contributed by atoms with E-state index in [4.69, 9.17) is 0 Å². The molecule has 78 valence electrons. The molecule has 0 spiro atoms. The van der Waals surface area contributed by atoms with E-state index >= 15 is 0 Å². The molecule has 4 nitrogen and oxygen atoms in total. The number of methoxy groups -OCH3 is 1. The van der Waals surface area contributed by atoms with Gasteiger partial charge in [-0.25, -0.2) is 9.78 Å². The second kappa shape index (κ2) is 3.38. The van der Waals surface area contributed by atoms with Crippen LogP contribution in [0.15, 0.2) is 12.1 Å². The molecule has 0 saturated heterocycles. The highest BCUT2D eigenvalue weighted by Gasteiger charge is 2.12. The van der Waals surface area contributed by atoms with Crippen molar-refractivity contribution in [3.05, 3.63) is 29.1 Å². The summed E-state index contributed by atoms with van der Waals surface area (Å²) in [4.78, 5) is 18.4. The van der Waals surface area contributed by atoms with Crippen molar-refractivity contribution in [3.63, 3.8) is 0 Å². The number of carbonyl (C=O) groups excluding carboxylic acids is 1. The minimum atomic E-state index is -0.441. The lowest BCUT2D eigenvalue weighted by molar-refractivity contribution is 0.0588. The van der Waals surface area contributed by atoms with Crippen LogP contribution in [-0.4, -0.2) is 23.0 Å². The predicted molar refractivity (Wildman–Crippen MR) is 56.9 cm³/mol. The highest BCUT2D eigenvalue weighted by molar-refractivity contribution is 5.91. The average molecular weight is 204 g/mol. The summed E-state index contributed by atoms with van der Waals surface area (Å²) in [7, 11) is 1.34. The third-order valence-electron chi connectivity index (χ3n) is 2.57. The number of aromatic nitrogens is 2. The van der Waals surface area contributed by atoms with E-state index in [0.29, 0.717) is 0 Å². The van der Waals surface area contributed by atoms with Crippen LogP contribution >= 0.6 is 0 Å². The van der Waals surface area contributed by atoms with Crippen molar-refractivity contribution in [2.24, 2.45) is 0 Å². The van der Waals surface area contributed by atoms with Crippen molar-refractivity contribution in [1.82, 2.24) is 9.97 Å². The Labute approximate surface area is 87.3 Å². The van der Waals surface area contributed by atoms with Crippen LogP contribution in [-0.2, 0) is 4.74 Å². The molecule has 1 aromatic heterocycles. The van der Waals surface area contributed by atoms with E-state index in [9.17, 15) is 4.79 Å². The van der Waals surface area contributed by atoms with Crippen molar-refractivity contribution >= 4 is 17.0 Å². The number of esters is 1. The van der Waals surface area contributed by atoms with E-state index in [-0.39, 0.29) is 5.82 Å². The van der Waals surface area contributed by atoms with Gasteiger partial charge in [-0.2, -0.15) is 0 Å². The molecule has 0 unspecified atom stereocenters. The maximum Gasteiger partial charge on any atom is 0.374 e. The molecule has 2 rings (SSSR count). The number of H-pyrrole nitrogens is 1. The van der Waals surface area contributed by atoms with E-state index in [1.807, 2.05) is 26.0 Å². The van der Waals surface area contributed by atoms with Crippen LogP contribution in [0, 0.1) is 13.8 Å². The Morgan fingerprint density at radius 3 is 2.80 bits per heavy atom. The minimum Gasteiger partial charge on any atom is -0.463 e. The quantitative estimate of drug-likeness (QED) is 0.722. The second-order valence-corrected chi connectivity index (χ2v) is 3.48. The monoisotopic (exact) mass is 204 g/mol. The molecule has 0 amide bonds. The highest BCUT2D eigenvalue weighted by atomic mass is 16.5. The average Bonchev–Trinajstić information content (AvgIpc) is 2.67. The van der Waals surface area contributed by atoms with Gasteiger partial charge in [0.1, 0.15) is 0 Å². The second-order valence-electron chi connectivity index (χ2n) is 3.48. The number of fused-ring (bicyclic) bond motifs is 1. The number of nitrogens with one attached hydrogen (secondary N) is 1. The first-order chi connectivity index (χ1) is 7.13. The van der Waals surface area contributed by atoms with Crippen molar-refractivity contribution < 1.29 is 9.53 Å². The topological polar surface area (TPSA) is 55.0 Å². The summed E-state index contributed by atoms with van der Waals surface area (Å²) in [6.07, 6.45) is 0. The molecule has 0 aliphatic rings. The van der Waals surface area contributed by atoms with Crippen LogP contribution in [0.4, 0.5) is 0 Å². The van der Waals surface area contributed by atoms with Gasteiger partial charge < -0.3 is 9.72 Å². The zero-order valence-electron chi connectivity index (χ0n) is 8.92. The molecule has 15 heavy (non-hydrogen) atoms. The molecule has 0 radical (unpaired) electrons. The number of ether oxygens (including phenoxy) is 1. The number of carbonyl (C=O) groups is 1. The number of aromatic amines is 1. The number of hydrogen-bond donors (Lipinski definition) is 1. The van der Waals surface area contributed by atoms with Gasteiger partial charge in [0.25, 0.3) is 0 Å². The molecule has 0 atom stereocenters. The fraction of sp³-hybridized carbons (Fsp3) is 0.273. The van der Waals surface area contributed by atoms with Gasteiger partial charge in [0, 0.05) is 0 Å². The van der Waals surface area contributed by atoms with Crippen LogP contribution in [0.1, 0.15) is 21.7 Å². The van der Waals surface area contributed by atoms with Crippen LogP contribution < -0.4 is 0 Å². The van der Waals surface area contributed by atoms with E-state index in [1.54, 1.807) is 0 Å². The minimum absolute atomic E-state index is 0.251. The Balaban J connectivity index is 2.66. The maximum atomic E-state index is 11.3. The molecule has 4 heteroatoms. The van der Waals surface area contributed by atoms with E-state index in [2.05, 4.69) is 14.7 Å². The summed E-state index contributed by atoms with van der Waals surface area (Å²) < 4.78 is 4.60. The normalized spacial score (nSPS) is 10.6. The van der Waals surface area contributed by atoms with Gasteiger partial charge in [-0.05, 0) is 31.0 Å². The Morgan fingerprint density at radius 2 is 2.13 bits per heavy atom. The smallest absolute Gasteiger partial charge is 0.374 e. The fourth-order valence-electron chi connectivity index (χ4n) is 1.51. The zero-order valence-corrected chi connectivity index (χ0v) is 8.92. The van der Waals surface area contributed by atoms with Crippen molar-refractivity contribution in [1.29, 1.82) is 0 Å². The van der Waals surface area contributed by atoms with Gasteiger partial charge in [-0.1, -0.05) is 6.07 Å². The lowest BCUT2D eigenvalue weighted by atomic mass is 10.1. The lowest BCUT2D eigenvalue weighted by Gasteiger charge is -1.98. The van der Waals surface area contributed by atoms with Gasteiger partial charge in [-0.3, -0.25) is 0 Å². The van der Waals surface area contributed by atoms with Gasteiger partial charge >= 0.3 is 5.97 Å². The molecule has 0 saturated carbocycles. The van der Waals surface area contributed by atoms with Crippen LogP contribution in [0.5, 0.6) is 0 Å². The van der Waals surface area contributed by atoms with Gasteiger partial charge in [0.05, 0.1) is 18.1 Å². The van der Waals surface area contributed by atoms with Crippen LogP contribution in [0.25, 0.3) is 11.0 Å². The molecule has 0 fully saturated rings. The molecule has 1 heterocycles. The van der Waals surface area contributed by atoms with Crippen molar-refractivity contribution in [2.45, 2.75) is 13.8 Å². The fourth-order valence-corrected chi connectivity index (χ4v) is 1.51. The Hall–Kier alpha value is -1.84. The lowest BCUT2D eigenvalue weighted by Crippen LogP contribution is -2.02. The Kier molecular flexibility index (Phi) is 2.19. The third kappa shape index (κ3) is 1.48. The molecule has 0 aliphatic heterocycles. The van der Waals surface area contributed by atoms with E-state index < -0.39 is 5.97 Å². The van der Waals surface area contributed by atoms with Crippen LogP contribution in [0.2, 0.25) is 0 Å². The van der Waals surface area contributed by atoms with Crippen molar-refractivity contribution in [2.75, 3.05) is 7.11 Å². The molecule has 0 aliphatic carbocycles. The Morgan fingerprint density at radius 1 is 1.40 bits per heavy atom. The highest BCUT2D eigenvalue weighted by Crippen LogP contribution is 2.19. The largest absolute Gasteiger partial charge is 0.463 e.